The van der Waals surface area contributed by atoms with Crippen molar-refractivity contribution < 1.29 is 14.4 Å². The summed E-state index contributed by atoms with van der Waals surface area (Å²) in [5.74, 6) is 0.0529. The minimum atomic E-state index is -0.832. The number of nitrogens with zero attached hydrogens (tertiary/aromatic N) is 2. The lowest BCUT2D eigenvalue weighted by atomic mass is 9.81. The van der Waals surface area contributed by atoms with E-state index in [-0.39, 0.29) is 37.1 Å². The van der Waals surface area contributed by atoms with Crippen molar-refractivity contribution in [3.63, 3.8) is 0 Å². The van der Waals surface area contributed by atoms with Gasteiger partial charge >= 0.3 is 0 Å². The first-order chi connectivity index (χ1) is 14.5. The highest BCUT2D eigenvalue weighted by molar-refractivity contribution is 6.09. The van der Waals surface area contributed by atoms with E-state index in [9.17, 15) is 14.4 Å². The number of amides is 3. The molecule has 162 valence electrons. The number of imide groups is 1. The highest BCUT2D eigenvalue weighted by Gasteiger charge is 2.49. The summed E-state index contributed by atoms with van der Waals surface area (Å²) in [6, 6.07) is 10.0. The van der Waals surface area contributed by atoms with Gasteiger partial charge in [0.15, 0.2) is 0 Å². The maximum atomic E-state index is 13.0. The third-order valence-electron chi connectivity index (χ3n) is 7.29. The Morgan fingerprint density at radius 3 is 2.67 bits per heavy atom. The predicted octanol–water partition coefficient (Wildman–Crippen LogP) is 2.47. The highest BCUT2D eigenvalue weighted by Crippen LogP contribution is 2.36. The summed E-state index contributed by atoms with van der Waals surface area (Å²) in [4.78, 5) is 41.8. The Morgan fingerprint density at radius 1 is 1.10 bits per heavy atom. The van der Waals surface area contributed by atoms with Crippen LogP contribution in [-0.4, -0.2) is 59.7 Å². The number of hydrogen-bond acceptors (Lipinski definition) is 4. The van der Waals surface area contributed by atoms with Gasteiger partial charge in [-0.15, -0.1) is 0 Å². The van der Waals surface area contributed by atoms with Crippen molar-refractivity contribution >= 4 is 17.7 Å². The molecular formula is C24H33N3O3. The molecule has 3 amide bonds. The zero-order valence-corrected chi connectivity index (χ0v) is 17.9. The Bertz CT molecular complexity index is 794. The summed E-state index contributed by atoms with van der Waals surface area (Å²) in [7, 11) is 0. The number of benzene rings is 1. The number of fused-ring (bicyclic) bond motifs is 1. The van der Waals surface area contributed by atoms with E-state index in [4.69, 9.17) is 0 Å². The van der Waals surface area contributed by atoms with Crippen LogP contribution in [0.5, 0.6) is 0 Å². The number of carbonyl (C=O) groups excluding carboxylic acids is 3. The molecule has 1 aromatic carbocycles. The van der Waals surface area contributed by atoms with Crippen LogP contribution in [-0.2, 0) is 19.8 Å². The van der Waals surface area contributed by atoms with Crippen LogP contribution in [0, 0.1) is 5.92 Å². The van der Waals surface area contributed by atoms with Gasteiger partial charge in [-0.3, -0.25) is 19.3 Å². The van der Waals surface area contributed by atoms with E-state index in [2.05, 4.69) is 10.2 Å². The molecule has 1 aromatic rings. The third-order valence-corrected chi connectivity index (χ3v) is 7.29. The molecule has 0 radical (unpaired) electrons. The summed E-state index contributed by atoms with van der Waals surface area (Å²) in [6.45, 7) is 5.06. The smallest absolute Gasteiger partial charge is 0.240 e. The summed E-state index contributed by atoms with van der Waals surface area (Å²) in [5.41, 5.74) is 0.0195. The average molecular weight is 412 g/mol. The van der Waals surface area contributed by atoms with E-state index < -0.39 is 5.41 Å². The number of likely N-dealkylation sites (tertiary alicyclic amines) is 1. The molecule has 30 heavy (non-hydrogen) atoms. The summed E-state index contributed by atoms with van der Waals surface area (Å²) < 4.78 is 0. The summed E-state index contributed by atoms with van der Waals surface area (Å²) >= 11 is 0. The average Bonchev–Trinajstić information content (AvgIpc) is 3.00. The molecule has 6 heteroatoms. The van der Waals surface area contributed by atoms with Gasteiger partial charge < -0.3 is 10.2 Å². The number of rotatable bonds is 6. The largest absolute Gasteiger partial charge is 0.356 e. The first-order valence-electron chi connectivity index (χ1n) is 11.4. The van der Waals surface area contributed by atoms with E-state index in [1.807, 2.05) is 37.3 Å². The maximum Gasteiger partial charge on any atom is 0.240 e. The van der Waals surface area contributed by atoms with Crippen LogP contribution in [0.25, 0.3) is 0 Å². The van der Waals surface area contributed by atoms with Crippen LogP contribution in [0.15, 0.2) is 30.3 Å². The van der Waals surface area contributed by atoms with Gasteiger partial charge in [-0.25, -0.2) is 0 Å². The van der Waals surface area contributed by atoms with Gasteiger partial charge in [-0.2, -0.15) is 0 Å². The van der Waals surface area contributed by atoms with Crippen LogP contribution in [0.2, 0.25) is 0 Å². The zero-order valence-electron chi connectivity index (χ0n) is 17.9. The molecule has 0 spiro atoms. The van der Waals surface area contributed by atoms with Gasteiger partial charge in [0.05, 0.1) is 5.41 Å². The monoisotopic (exact) mass is 411 g/mol. The van der Waals surface area contributed by atoms with Crippen molar-refractivity contribution in [2.45, 2.75) is 63.3 Å². The number of nitrogens with one attached hydrogen (secondary N) is 1. The molecule has 0 bridgehead atoms. The first-order valence-corrected chi connectivity index (χ1v) is 11.4. The molecule has 4 rings (SSSR count). The molecule has 6 nitrogen and oxygen atoms in total. The Kier molecular flexibility index (Phi) is 6.23. The van der Waals surface area contributed by atoms with Gasteiger partial charge in [0.1, 0.15) is 0 Å². The van der Waals surface area contributed by atoms with E-state index >= 15 is 0 Å². The molecule has 0 aliphatic carbocycles. The molecule has 3 heterocycles. The normalized spacial score (nSPS) is 29.7. The summed E-state index contributed by atoms with van der Waals surface area (Å²) in [5, 5.41) is 3.08. The van der Waals surface area contributed by atoms with E-state index in [0.717, 1.165) is 5.56 Å². The van der Waals surface area contributed by atoms with Crippen molar-refractivity contribution in [1.82, 2.24) is 15.1 Å². The molecule has 1 N–H and O–H groups in total. The molecular weight excluding hydrogens is 378 g/mol. The van der Waals surface area contributed by atoms with Crippen molar-refractivity contribution in [1.29, 1.82) is 0 Å². The minimum absolute atomic E-state index is 0.0724. The molecule has 3 fully saturated rings. The number of carbonyl (C=O) groups is 3. The lowest BCUT2D eigenvalue weighted by Crippen LogP contribution is -2.51. The van der Waals surface area contributed by atoms with E-state index in [1.54, 1.807) is 0 Å². The number of hydrogen-bond donors (Lipinski definition) is 1. The van der Waals surface area contributed by atoms with Crippen LogP contribution >= 0.6 is 0 Å². The molecule has 3 aliphatic heterocycles. The quantitative estimate of drug-likeness (QED) is 0.730. The number of piperidine rings is 2. The zero-order chi connectivity index (χ0) is 21.1. The van der Waals surface area contributed by atoms with Crippen LogP contribution < -0.4 is 5.32 Å². The van der Waals surface area contributed by atoms with Crippen LogP contribution in [0.4, 0.5) is 0 Å². The molecule has 3 aliphatic rings. The molecule has 3 saturated heterocycles. The molecule has 0 aromatic heterocycles. The predicted molar refractivity (Wildman–Crippen MR) is 115 cm³/mol. The highest BCUT2D eigenvalue weighted by atomic mass is 16.2. The molecule has 0 saturated carbocycles. The second-order valence-electron chi connectivity index (χ2n) is 9.28. The van der Waals surface area contributed by atoms with E-state index in [1.165, 1.54) is 50.1 Å². The van der Waals surface area contributed by atoms with E-state index in [0.29, 0.717) is 18.5 Å². The van der Waals surface area contributed by atoms with Crippen molar-refractivity contribution in [3.8, 4) is 0 Å². The van der Waals surface area contributed by atoms with Gasteiger partial charge in [-0.1, -0.05) is 36.8 Å². The fourth-order valence-corrected chi connectivity index (χ4v) is 5.50. The van der Waals surface area contributed by atoms with Gasteiger partial charge in [0, 0.05) is 32.0 Å². The first kappa shape index (κ1) is 21.0. The Labute approximate surface area is 179 Å². The fraction of sp³-hybridized carbons (Fsp3) is 0.625. The maximum absolute atomic E-state index is 13.0. The van der Waals surface area contributed by atoms with Gasteiger partial charge in [0.2, 0.25) is 17.7 Å². The summed E-state index contributed by atoms with van der Waals surface area (Å²) in [6.07, 6.45) is 6.50. The van der Waals surface area contributed by atoms with Crippen molar-refractivity contribution in [3.05, 3.63) is 35.9 Å². The van der Waals surface area contributed by atoms with Gasteiger partial charge in [0.25, 0.3) is 0 Å². The SMILES string of the molecule is C[C@]1(c2ccccc2)CC(=O)N(CCC(=O)NC[C@H]2CCCN3CCCC[C@H]23)C1=O. The lowest BCUT2D eigenvalue weighted by Gasteiger charge is -2.44. The Morgan fingerprint density at radius 2 is 1.87 bits per heavy atom. The van der Waals surface area contributed by atoms with Crippen molar-refractivity contribution in [2.24, 2.45) is 5.92 Å². The van der Waals surface area contributed by atoms with Crippen LogP contribution in [0.1, 0.15) is 57.4 Å². The Balaban J connectivity index is 1.28. The lowest BCUT2D eigenvalue weighted by molar-refractivity contribution is -0.140. The minimum Gasteiger partial charge on any atom is -0.356 e. The second-order valence-corrected chi connectivity index (χ2v) is 9.28. The molecule has 0 unspecified atom stereocenters. The van der Waals surface area contributed by atoms with Crippen molar-refractivity contribution in [2.75, 3.05) is 26.2 Å². The van der Waals surface area contributed by atoms with Gasteiger partial charge in [-0.05, 0) is 57.2 Å². The topological polar surface area (TPSA) is 69.7 Å². The standard InChI is InChI=1S/C24H33N3O3/c1-24(19-9-3-2-4-10-19)16-22(29)27(23(24)30)15-12-21(28)25-17-18-8-7-14-26-13-6-5-11-20(18)26/h2-4,9-10,18,20H,5-8,11-17H2,1H3,(H,25,28)/t18-,20-,24-/m1/s1. The fourth-order valence-electron chi connectivity index (χ4n) is 5.50. The molecule has 3 atom stereocenters. The Hall–Kier alpha value is -2.21. The second kappa shape index (κ2) is 8.88. The van der Waals surface area contributed by atoms with Crippen LogP contribution in [0.3, 0.4) is 0 Å². The third kappa shape index (κ3) is 4.15.